The summed E-state index contributed by atoms with van der Waals surface area (Å²) in [7, 11) is 1.31. The second-order valence-corrected chi connectivity index (χ2v) is 10.8. The fourth-order valence-corrected chi connectivity index (χ4v) is 4.88. The average molecular weight is 676 g/mol. The van der Waals surface area contributed by atoms with Crippen LogP contribution >= 0.6 is 11.6 Å². The number of hydrogen-bond acceptors (Lipinski definition) is 10. The Labute approximate surface area is 279 Å². The van der Waals surface area contributed by atoms with Gasteiger partial charge in [-0.05, 0) is 58.0 Å². The summed E-state index contributed by atoms with van der Waals surface area (Å²) in [6.45, 7) is 6.67. The van der Waals surface area contributed by atoms with E-state index in [0.29, 0.717) is 38.9 Å². The number of halogens is 1. The predicted octanol–water partition coefficient (Wildman–Crippen LogP) is 7.75. The number of carbonyl (C=O) groups is 4. The Morgan fingerprint density at radius 2 is 1.50 bits per heavy atom. The number of ether oxygens (including phenoxy) is 2. The number of esters is 1. The number of anilines is 1. The van der Waals surface area contributed by atoms with E-state index in [1.54, 1.807) is 69.3 Å². The second kappa shape index (κ2) is 15.1. The number of carboxylic acid groups (broad SMARTS) is 2. The SMILES string of the molecule is COC(=O)c1ccc(-c2onc(C)c2NC(=O)OC(C)c2ccccc2Cl)cc1.Cc1ccc(-c2onc(C)c2C(=O)O)c(C(=O)O)c1. The standard InChI is InChI=1S/C21H19ClN2O5.C13H11NO5/c1-12-18(23-21(26)28-13(2)16-6-4-5-7-17(16)22)19(29-24-12)14-8-10-15(11-9-14)20(25)27-3;1-6-3-4-8(9(5-6)12(15)16)11-10(13(17)18)7(2)14-19-11/h4-11,13H,1-3H3,(H,23,26);3-5H,1-2H3,(H,15,16)(H,17,18). The maximum absolute atomic E-state index is 12.4. The highest BCUT2D eigenvalue weighted by molar-refractivity contribution is 6.31. The first-order valence-electron chi connectivity index (χ1n) is 14.2. The third-order valence-corrected chi connectivity index (χ3v) is 7.36. The van der Waals surface area contributed by atoms with Gasteiger partial charge in [-0.2, -0.15) is 0 Å². The molecule has 0 bridgehead atoms. The summed E-state index contributed by atoms with van der Waals surface area (Å²) in [6.07, 6.45) is -1.22. The van der Waals surface area contributed by atoms with Crippen molar-refractivity contribution in [2.75, 3.05) is 12.4 Å². The van der Waals surface area contributed by atoms with Gasteiger partial charge in [0, 0.05) is 21.7 Å². The molecule has 1 unspecified atom stereocenters. The van der Waals surface area contributed by atoms with Crippen LogP contribution in [0, 0.1) is 20.8 Å². The minimum Gasteiger partial charge on any atom is -0.478 e. The molecule has 0 aliphatic rings. The number of aromatic carboxylic acids is 2. The molecule has 0 fully saturated rings. The van der Waals surface area contributed by atoms with Crippen LogP contribution in [-0.2, 0) is 9.47 Å². The maximum Gasteiger partial charge on any atom is 0.412 e. The summed E-state index contributed by atoms with van der Waals surface area (Å²) in [5, 5.41) is 29.0. The molecule has 1 amide bonds. The zero-order chi connectivity index (χ0) is 35.1. The number of hydrogen-bond donors (Lipinski definition) is 3. The molecule has 5 rings (SSSR count). The van der Waals surface area contributed by atoms with E-state index in [9.17, 15) is 24.3 Å². The molecule has 14 heteroatoms. The van der Waals surface area contributed by atoms with Crippen LogP contribution < -0.4 is 5.32 Å². The zero-order valence-electron chi connectivity index (χ0n) is 26.4. The normalized spacial score (nSPS) is 11.1. The Morgan fingerprint density at radius 1 is 0.854 bits per heavy atom. The number of nitrogens with zero attached hydrogens (tertiary/aromatic N) is 2. The fraction of sp³-hybridized carbons (Fsp3) is 0.176. The Balaban J connectivity index is 0.000000237. The quantitative estimate of drug-likeness (QED) is 0.136. The molecule has 2 aromatic heterocycles. The predicted molar refractivity (Wildman–Crippen MR) is 173 cm³/mol. The van der Waals surface area contributed by atoms with Crippen molar-refractivity contribution in [1.29, 1.82) is 0 Å². The molecule has 248 valence electrons. The van der Waals surface area contributed by atoms with E-state index in [1.165, 1.54) is 26.2 Å². The number of aromatic nitrogens is 2. The van der Waals surface area contributed by atoms with E-state index in [2.05, 4.69) is 20.4 Å². The molecule has 2 heterocycles. The van der Waals surface area contributed by atoms with Crippen molar-refractivity contribution in [3.8, 4) is 22.6 Å². The van der Waals surface area contributed by atoms with Crippen molar-refractivity contribution in [3.05, 3.63) is 111 Å². The topological polar surface area (TPSA) is 191 Å². The number of carbonyl (C=O) groups excluding carboxylic acids is 2. The Bertz CT molecular complexity index is 1980. The van der Waals surface area contributed by atoms with Crippen molar-refractivity contribution >= 4 is 41.3 Å². The number of methoxy groups -OCH3 is 1. The minimum atomic E-state index is -1.20. The third-order valence-electron chi connectivity index (χ3n) is 7.01. The fourth-order valence-electron chi connectivity index (χ4n) is 4.59. The first-order valence-corrected chi connectivity index (χ1v) is 14.6. The van der Waals surface area contributed by atoms with E-state index < -0.39 is 30.1 Å². The highest BCUT2D eigenvalue weighted by Gasteiger charge is 2.25. The first-order chi connectivity index (χ1) is 22.8. The lowest BCUT2D eigenvalue weighted by Crippen LogP contribution is -2.17. The largest absolute Gasteiger partial charge is 0.478 e. The zero-order valence-corrected chi connectivity index (χ0v) is 27.1. The second-order valence-electron chi connectivity index (χ2n) is 10.4. The van der Waals surface area contributed by atoms with Gasteiger partial charge in [0.05, 0.1) is 23.9 Å². The lowest BCUT2D eigenvalue weighted by Gasteiger charge is -2.15. The van der Waals surface area contributed by atoms with E-state index in [-0.39, 0.29) is 28.1 Å². The molecule has 0 saturated heterocycles. The molecular weight excluding hydrogens is 646 g/mol. The minimum absolute atomic E-state index is 0.0151. The summed E-state index contributed by atoms with van der Waals surface area (Å²) in [5.74, 6) is -2.49. The van der Waals surface area contributed by atoms with E-state index in [4.69, 9.17) is 30.5 Å². The number of rotatable bonds is 8. The van der Waals surface area contributed by atoms with Gasteiger partial charge in [0.15, 0.2) is 11.5 Å². The molecule has 48 heavy (non-hydrogen) atoms. The highest BCUT2D eigenvalue weighted by atomic mass is 35.5. The van der Waals surface area contributed by atoms with Gasteiger partial charge in [0.1, 0.15) is 23.0 Å². The number of nitrogens with one attached hydrogen (secondary N) is 1. The van der Waals surface area contributed by atoms with Crippen molar-refractivity contribution in [2.45, 2.75) is 33.8 Å². The van der Waals surface area contributed by atoms with Gasteiger partial charge in [0.2, 0.25) is 0 Å². The van der Waals surface area contributed by atoms with E-state index >= 15 is 0 Å². The summed E-state index contributed by atoms with van der Waals surface area (Å²) in [4.78, 5) is 46.4. The van der Waals surface area contributed by atoms with Gasteiger partial charge in [0.25, 0.3) is 0 Å². The van der Waals surface area contributed by atoms with Gasteiger partial charge in [-0.3, -0.25) is 5.32 Å². The molecule has 1 atom stereocenters. The molecule has 0 aliphatic carbocycles. The van der Waals surface area contributed by atoms with E-state index in [0.717, 1.165) is 5.56 Å². The monoisotopic (exact) mass is 675 g/mol. The van der Waals surface area contributed by atoms with Crippen LogP contribution in [0.25, 0.3) is 22.6 Å². The molecule has 5 aromatic rings. The third kappa shape index (κ3) is 7.88. The highest BCUT2D eigenvalue weighted by Crippen LogP contribution is 2.33. The van der Waals surface area contributed by atoms with Crippen LogP contribution in [0.5, 0.6) is 0 Å². The first kappa shape index (κ1) is 34.9. The summed E-state index contributed by atoms with van der Waals surface area (Å²) in [6, 6.07) is 18.4. The maximum atomic E-state index is 12.4. The van der Waals surface area contributed by atoms with Crippen molar-refractivity contribution in [1.82, 2.24) is 10.3 Å². The van der Waals surface area contributed by atoms with Gasteiger partial charge >= 0.3 is 24.0 Å². The molecule has 0 aliphatic heterocycles. The molecule has 3 aromatic carbocycles. The van der Waals surface area contributed by atoms with E-state index in [1.807, 2.05) is 6.07 Å². The molecule has 13 nitrogen and oxygen atoms in total. The number of benzene rings is 3. The Hall–Kier alpha value is -5.95. The van der Waals surface area contributed by atoms with Crippen LogP contribution in [0.4, 0.5) is 10.5 Å². The number of amides is 1. The van der Waals surface area contributed by atoms with Gasteiger partial charge in [-0.15, -0.1) is 0 Å². The molecule has 3 N–H and O–H groups in total. The van der Waals surface area contributed by atoms with Gasteiger partial charge in [-0.25, -0.2) is 19.2 Å². The number of aryl methyl sites for hydroxylation is 3. The smallest absolute Gasteiger partial charge is 0.412 e. The molecule has 0 radical (unpaired) electrons. The van der Waals surface area contributed by atoms with Crippen LogP contribution in [0.2, 0.25) is 5.02 Å². The lowest BCUT2D eigenvalue weighted by molar-refractivity contribution is 0.0599. The van der Waals surface area contributed by atoms with Crippen molar-refractivity contribution in [2.24, 2.45) is 0 Å². The summed E-state index contributed by atoms with van der Waals surface area (Å²) in [5.41, 5.74) is 3.63. The van der Waals surface area contributed by atoms with Crippen molar-refractivity contribution in [3.63, 3.8) is 0 Å². The Morgan fingerprint density at radius 3 is 2.12 bits per heavy atom. The summed E-state index contributed by atoms with van der Waals surface area (Å²) >= 11 is 6.15. The van der Waals surface area contributed by atoms with Gasteiger partial charge < -0.3 is 28.7 Å². The molecule has 0 saturated carbocycles. The van der Waals surface area contributed by atoms with Crippen LogP contribution in [0.15, 0.2) is 75.8 Å². The number of carboxylic acids is 2. The molecule has 0 spiro atoms. The van der Waals surface area contributed by atoms with Crippen LogP contribution in [0.1, 0.15) is 66.6 Å². The van der Waals surface area contributed by atoms with Crippen LogP contribution in [-0.4, -0.2) is 51.6 Å². The average Bonchev–Trinajstić information content (AvgIpc) is 3.62. The van der Waals surface area contributed by atoms with Crippen molar-refractivity contribution < 1.29 is 47.9 Å². The summed E-state index contributed by atoms with van der Waals surface area (Å²) < 4.78 is 20.5. The Kier molecular flexibility index (Phi) is 11.0. The van der Waals surface area contributed by atoms with Crippen LogP contribution in [0.3, 0.4) is 0 Å². The molecular formula is C34H30ClN3O10. The lowest BCUT2D eigenvalue weighted by atomic mass is 9.99. The van der Waals surface area contributed by atoms with Gasteiger partial charge in [-0.1, -0.05) is 63.9 Å².